The highest BCUT2D eigenvalue weighted by Crippen LogP contribution is 2.12. The summed E-state index contributed by atoms with van der Waals surface area (Å²) in [5.74, 6) is 0.537. The van der Waals surface area contributed by atoms with E-state index in [4.69, 9.17) is 20.8 Å². The third-order valence-electron chi connectivity index (χ3n) is 2.56. The Morgan fingerprint density at radius 2 is 2.20 bits per heavy atom. The summed E-state index contributed by atoms with van der Waals surface area (Å²) in [4.78, 5) is 0. The van der Waals surface area contributed by atoms with Crippen molar-refractivity contribution in [3.05, 3.63) is 40.7 Å². The first-order valence-electron chi connectivity index (χ1n) is 6.28. The largest absolute Gasteiger partial charge is 0.407 e. The van der Waals surface area contributed by atoms with Gasteiger partial charge in [0.1, 0.15) is 0 Å². The first-order valence-corrected chi connectivity index (χ1v) is 6.66. The summed E-state index contributed by atoms with van der Waals surface area (Å²) >= 11 is 5.92. The molecule has 108 valence electrons. The number of rotatable bonds is 8. The Kier molecular flexibility index (Phi) is 5.79. The lowest BCUT2D eigenvalue weighted by atomic mass is 10.2. The fraction of sp³-hybridized carbons (Fsp3) is 0.385. The van der Waals surface area contributed by atoms with Gasteiger partial charge in [0, 0.05) is 25.2 Å². The van der Waals surface area contributed by atoms with E-state index in [9.17, 15) is 0 Å². The van der Waals surface area contributed by atoms with Crippen LogP contribution >= 0.6 is 11.6 Å². The van der Waals surface area contributed by atoms with Gasteiger partial charge in [-0.15, -0.1) is 5.10 Å². The Balaban J connectivity index is 1.78. The molecule has 0 amide bonds. The summed E-state index contributed by atoms with van der Waals surface area (Å²) < 4.78 is 10.4. The van der Waals surface area contributed by atoms with Crippen molar-refractivity contribution in [1.82, 2.24) is 15.5 Å². The Morgan fingerprint density at radius 3 is 3.00 bits per heavy atom. The van der Waals surface area contributed by atoms with E-state index in [1.165, 1.54) is 0 Å². The van der Waals surface area contributed by atoms with Crippen molar-refractivity contribution in [3.8, 4) is 0 Å². The minimum atomic E-state index is 0.397. The predicted molar refractivity (Wildman–Crippen MR) is 76.7 cm³/mol. The lowest BCUT2D eigenvalue weighted by molar-refractivity contribution is 0.198. The number of benzene rings is 1. The normalized spacial score (nSPS) is 10.7. The standard InChI is InChI=1S/C13H17ClN4O2/c1-19-6-5-15-9-12-17-18-13(20-12)16-8-10-3-2-4-11(14)7-10/h2-4,7,15H,5-6,8-9H2,1H3,(H,16,18). The van der Waals surface area contributed by atoms with E-state index in [0.29, 0.717) is 36.6 Å². The molecule has 0 aliphatic rings. The van der Waals surface area contributed by atoms with E-state index >= 15 is 0 Å². The molecule has 0 aliphatic heterocycles. The molecule has 1 aromatic heterocycles. The van der Waals surface area contributed by atoms with Gasteiger partial charge in [-0.05, 0) is 17.7 Å². The summed E-state index contributed by atoms with van der Waals surface area (Å²) in [5, 5.41) is 14.8. The van der Waals surface area contributed by atoms with E-state index < -0.39 is 0 Å². The maximum atomic E-state index is 5.92. The molecule has 6 nitrogen and oxygen atoms in total. The van der Waals surface area contributed by atoms with E-state index in [-0.39, 0.29) is 0 Å². The van der Waals surface area contributed by atoms with Gasteiger partial charge in [-0.3, -0.25) is 0 Å². The number of anilines is 1. The number of aromatic nitrogens is 2. The van der Waals surface area contributed by atoms with Crippen LogP contribution in [0.4, 0.5) is 6.01 Å². The second-order valence-electron chi connectivity index (χ2n) is 4.15. The minimum Gasteiger partial charge on any atom is -0.407 e. The molecule has 2 aromatic rings. The monoisotopic (exact) mass is 296 g/mol. The first-order chi connectivity index (χ1) is 9.78. The van der Waals surface area contributed by atoms with Crippen LogP contribution in [0.3, 0.4) is 0 Å². The van der Waals surface area contributed by atoms with Crippen LogP contribution in [0.2, 0.25) is 5.02 Å². The molecule has 0 unspecified atom stereocenters. The molecule has 20 heavy (non-hydrogen) atoms. The Morgan fingerprint density at radius 1 is 1.30 bits per heavy atom. The molecule has 0 bridgehead atoms. The Bertz CT molecular complexity index is 533. The van der Waals surface area contributed by atoms with Gasteiger partial charge >= 0.3 is 6.01 Å². The molecule has 1 aromatic carbocycles. The number of hydrogen-bond donors (Lipinski definition) is 2. The minimum absolute atomic E-state index is 0.397. The van der Waals surface area contributed by atoms with Crippen molar-refractivity contribution >= 4 is 17.6 Å². The van der Waals surface area contributed by atoms with Crippen molar-refractivity contribution in [3.63, 3.8) is 0 Å². The summed E-state index contributed by atoms with van der Waals surface area (Å²) in [5.41, 5.74) is 1.05. The van der Waals surface area contributed by atoms with Gasteiger partial charge in [-0.2, -0.15) is 0 Å². The molecule has 0 saturated heterocycles. The molecule has 0 atom stereocenters. The third kappa shape index (κ3) is 4.80. The van der Waals surface area contributed by atoms with Crippen LogP contribution in [0.15, 0.2) is 28.7 Å². The fourth-order valence-corrected chi connectivity index (χ4v) is 1.80. The predicted octanol–water partition coefficient (Wildman–Crippen LogP) is 2.07. The fourth-order valence-electron chi connectivity index (χ4n) is 1.59. The number of hydrogen-bond acceptors (Lipinski definition) is 6. The summed E-state index contributed by atoms with van der Waals surface area (Å²) in [7, 11) is 1.66. The van der Waals surface area contributed by atoms with Crippen LogP contribution in [0.5, 0.6) is 0 Å². The molecule has 0 radical (unpaired) electrons. The number of nitrogens with one attached hydrogen (secondary N) is 2. The van der Waals surface area contributed by atoms with E-state index in [0.717, 1.165) is 12.1 Å². The summed E-state index contributed by atoms with van der Waals surface area (Å²) in [6.45, 7) is 2.49. The van der Waals surface area contributed by atoms with Crippen molar-refractivity contribution in [1.29, 1.82) is 0 Å². The first kappa shape index (κ1) is 14.8. The maximum Gasteiger partial charge on any atom is 0.315 e. The molecule has 2 rings (SSSR count). The zero-order valence-electron chi connectivity index (χ0n) is 11.2. The van der Waals surface area contributed by atoms with Gasteiger partial charge in [-0.1, -0.05) is 28.8 Å². The molecule has 0 fully saturated rings. The zero-order chi connectivity index (χ0) is 14.2. The number of methoxy groups -OCH3 is 1. The van der Waals surface area contributed by atoms with Crippen LogP contribution in [0.1, 0.15) is 11.5 Å². The lowest BCUT2D eigenvalue weighted by Crippen LogP contribution is -2.18. The number of halogens is 1. The highest BCUT2D eigenvalue weighted by molar-refractivity contribution is 6.30. The van der Waals surface area contributed by atoms with Crippen LogP contribution in [0, 0.1) is 0 Å². The Hall–Kier alpha value is -1.63. The van der Waals surface area contributed by atoms with Gasteiger partial charge in [0.2, 0.25) is 5.89 Å². The van der Waals surface area contributed by atoms with Crippen molar-refractivity contribution < 1.29 is 9.15 Å². The summed E-state index contributed by atoms with van der Waals surface area (Å²) in [6, 6.07) is 7.99. The molecule has 1 heterocycles. The SMILES string of the molecule is COCCNCc1nnc(NCc2cccc(Cl)c2)o1. The van der Waals surface area contributed by atoms with Crippen molar-refractivity contribution in [2.75, 3.05) is 25.6 Å². The number of ether oxygens (including phenoxy) is 1. The van der Waals surface area contributed by atoms with Crippen molar-refractivity contribution in [2.24, 2.45) is 0 Å². The van der Waals surface area contributed by atoms with Gasteiger partial charge in [0.15, 0.2) is 0 Å². The van der Waals surface area contributed by atoms with E-state index in [2.05, 4.69) is 20.8 Å². The third-order valence-corrected chi connectivity index (χ3v) is 2.79. The quantitative estimate of drug-likeness (QED) is 0.727. The zero-order valence-corrected chi connectivity index (χ0v) is 12.0. The lowest BCUT2D eigenvalue weighted by Gasteiger charge is -2.02. The molecule has 7 heteroatoms. The van der Waals surface area contributed by atoms with E-state index in [1.54, 1.807) is 7.11 Å². The van der Waals surface area contributed by atoms with Crippen LogP contribution in [-0.4, -0.2) is 30.5 Å². The van der Waals surface area contributed by atoms with Gasteiger partial charge in [-0.25, -0.2) is 0 Å². The van der Waals surface area contributed by atoms with E-state index in [1.807, 2.05) is 24.3 Å². The van der Waals surface area contributed by atoms with Crippen LogP contribution in [-0.2, 0) is 17.8 Å². The van der Waals surface area contributed by atoms with Gasteiger partial charge < -0.3 is 19.8 Å². The van der Waals surface area contributed by atoms with Gasteiger partial charge in [0.25, 0.3) is 0 Å². The van der Waals surface area contributed by atoms with Crippen molar-refractivity contribution in [2.45, 2.75) is 13.1 Å². The second kappa shape index (κ2) is 7.84. The molecule has 2 N–H and O–H groups in total. The van der Waals surface area contributed by atoms with Crippen LogP contribution < -0.4 is 10.6 Å². The smallest absolute Gasteiger partial charge is 0.315 e. The molecule has 0 aliphatic carbocycles. The highest BCUT2D eigenvalue weighted by atomic mass is 35.5. The maximum absolute atomic E-state index is 5.92. The molecule has 0 saturated carbocycles. The number of nitrogens with zero attached hydrogens (tertiary/aromatic N) is 2. The highest BCUT2D eigenvalue weighted by Gasteiger charge is 2.05. The molecule has 0 spiro atoms. The Labute approximate surface area is 122 Å². The molecular weight excluding hydrogens is 280 g/mol. The molecular formula is C13H17ClN4O2. The average molecular weight is 297 g/mol. The topological polar surface area (TPSA) is 72.2 Å². The average Bonchev–Trinajstić information content (AvgIpc) is 2.89. The second-order valence-corrected chi connectivity index (χ2v) is 4.59. The van der Waals surface area contributed by atoms with Gasteiger partial charge in [0.05, 0.1) is 13.2 Å². The summed E-state index contributed by atoms with van der Waals surface area (Å²) in [6.07, 6.45) is 0. The van der Waals surface area contributed by atoms with Crippen LogP contribution in [0.25, 0.3) is 0 Å².